The van der Waals surface area contributed by atoms with Gasteiger partial charge in [-0.3, -0.25) is 0 Å². The highest BCUT2D eigenvalue weighted by Gasteiger charge is 2.03. The van der Waals surface area contributed by atoms with Crippen molar-refractivity contribution in [3.05, 3.63) is 36.0 Å². The van der Waals surface area contributed by atoms with Gasteiger partial charge < -0.3 is 10.1 Å². The molecule has 1 N–H and O–H groups in total. The zero-order chi connectivity index (χ0) is 13.0. The van der Waals surface area contributed by atoms with Gasteiger partial charge in [0.15, 0.2) is 5.16 Å². The van der Waals surface area contributed by atoms with Gasteiger partial charge in [0.25, 0.3) is 0 Å². The zero-order valence-corrected chi connectivity index (χ0v) is 11.4. The molecule has 0 spiro atoms. The first kappa shape index (κ1) is 12.7. The Balaban J connectivity index is 2.21. The van der Waals surface area contributed by atoms with Gasteiger partial charge in [0.05, 0.1) is 7.11 Å². The van der Waals surface area contributed by atoms with E-state index in [0.29, 0.717) is 0 Å². The van der Waals surface area contributed by atoms with Crippen LogP contribution in [0, 0.1) is 6.92 Å². The lowest BCUT2D eigenvalue weighted by Crippen LogP contribution is -1.99. The summed E-state index contributed by atoms with van der Waals surface area (Å²) in [6.45, 7) is 1.98. The van der Waals surface area contributed by atoms with Gasteiger partial charge >= 0.3 is 0 Å². The van der Waals surface area contributed by atoms with Crippen LogP contribution in [-0.4, -0.2) is 23.3 Å². The average Bonchev–Trinajstić information content (AvgIpc) is 2.42. The van der Waals surface area contributed by atoms with Crippen molar-refractivity contribution < 1.29 is 4.74 Å². The van der Waals surface area contributed by atoms with Crippen molar-refractivity contribution in [2.75, 3.05) is 18.7 Å². The minimum absolute atomic E-state index is 0.761. The van der Waals surface area contributed by atoms with Crippen molar-refractivity contribution in [3.8, 4) is 5.75 Å². The highest BCUT2D eigenvalue weighted by atomic mass is 32.2. The summed E-state index contributed by atoms with van der Waals surface area (Å²) in [4.78, 5) is 8.66. The molecule has 1 aromatic carbocycles. The number of rotatable bonds is 4. The molecular weight excluding hydrogens is 246 g/mol. The standard InChI is InChI=1S/C13H15N3OS/c1-9-8-14-13(18-3)16-12(9)15-10-4-6-11(17-2)7-5-10/h4-8H,1-3H3,(H,14,15,16). The van der Waals surface area contributed by atoms with Gasteiger partial charge in [-0.2, -0.15) is 0 Å². The summed E-state index contributed by atoms with van der Waals surface area (Å²) in [5.41, 5.74) is 1.99. The number of hydrogen-bond acceptors (Lipinski definition) is 5. The molecule has 0 amide bonds. The van der Waals surface area contributed by atoms with Crippen LogP contribution in [0.3, 0.4) is 0 Å². The van der Waals surface area contributed by atoms with Crippen LogP contribution in [-0.2, 0) is 0 Å². The first-order chi connectivity index (χ1) is 8.72. The number of thioether (sulfide) groups is 1. The lowest BCUT2D eigenvalue weighted by Gasteiger charge is -2.09. The summed E-state index contributed by atoms with van der Waals surface area (Å²) in [6.07, 6.45) is 3.78. The molecule has 0 bridgehead atoms. The quantitative estimate of drug-likeness (QED) is 0.676. The normalized spacial score (nSPS) is 10.2. The van der Waals surface area contributed by atoms with Crippen molar-refractivity contribution >= 4 is 23.3 Å². The number of hydrogen-bond donors (Lipinski definition) is 1. The number of anilines is 2. The summed E-state index contributed by atoms with van der Waals surface area (Å²) in [7, 11) is 1.65. The van der Waals surface area contributed by atoms with Gasteiger partial charge in [0.2, 0.25) is 0 Å². The van der Waals surface area contributed by atoms with Crippen LogP contribution in [0.25, 0.3) is 0 Å². The Kier molecular flexibility index (Phi) is 4.04. The van der Waals surface area contributed by atoms with Crippen molar-refractivity contribution in [1.29, 1.82) is 0 Å². The number of ether oxygens (including phenoxy) is 1. The third kappa shape index (κ3) is 2.92. The molecule has 2 aromatic rings. The van der Waals surface area contributed by atoms with E-state index in [1.54, 1.807) is 7.11 Å². The Bertz CT molecular complexity index is 528. The minimum atomic E-state index is 0.761. The van der Waals surface area contributed by atoms with Crippen molar-refractivity contribution in [3.63, 3.8) is 0 Å². The molecule has 0 aliphatic carbocycles. The van der Waals surface area contributed by atoms with E-state index in [0.717, 1.165) is 28.0 Å². The molecule has 0 aliphatic heterocycles. The third-order valence-electron chi connectivity index (χ3n) is 2.48. The number of aromatic nitrogens is 2. The molecule has 0 saturated heterocycles. The molecule has 0 aliphatic rings. The first-order valence-corrected chi connectivity index (χ1v) is 6.74. The molecule has 0 fully saturated rings. The van der Waals surface area contributed by atoms with Gasteiger partial charge in [-0.1, -0.05) is 11.8 Å². The summed E-state index contributed by atoms with van der Waals surface area (Å²) < 4.78 is 5.12. The van der Waals surface area contributed by atoms with Crippen LogP contribution in [0.2, 0.25) is 0 Å². The Morgan fingerprint density at radius 2 is 1.94 bits per heavy atom. The number of benzene rings is 1. The largest absolute Gasteiger partial charge is 0.497 e. The first-order valence-electron chi connectivity index (χ1n) is 5.51. The predicted octanol–water partition coefficient (Wildman–Crippen LogP) is 3.26. The van der Waals surface area contributed by atoms with Gasteiger partial charge in [-0.05, 0) is 37.4 Å². The molecule has 0 unspecified atom stereocenters. The van der Waals surface area contributed by atoms with Crippen molar-refractivity contribution in [2.45, 2.75) is 12.1 Å². The second-order valence-electron chi connectivity index (χ2n) is 3.74. The Morgan fingerprint density at radius 3 is 2.56 bits per heavy atom. The highest BCUT2D eigenvalue weighted by Crippen LogP contribution is 2.22. The van der Waals surface area contributed by atoms with E-state index in [2.05, 4.69) is 15.3 Å². The number of nitrogens with one attached hydrogen (secondary N) is 1. The van der Waals surface area contributed by atoms with E-state index in [4.69, 9.17) is 4.74 Å². The summed E-state index contributed by atoms with van der Waals surface area (Å²) in [5, 5.41) is 4.04. The Hall–Kier alpha value is -1.75. The van der Waals surface area contributed by atoms with E-state index < -0.39 is 0 Å². The Labute approximate surface area is 111 Å². The molecule has 0 saturated carbocycles. The van der Waals surface area contributed by atoms with Gasteiger partial charge in [0.1, 0.15) is 11.6 Å². The average molecular weight is 261 g/mol. The Morgan fingerprint density at radius 1 is 1.22 bits per heavy atom. The van der Waals surface area contributed by atoms with E-state index >= 15 is 0 Å². The number of methoxy groups -OCH3 is 1. The van der Waals surface area contributed by atoms with E-state index in [-0.39, 0.29) is 0 Å². The van der Waals surface area contributed by atoms with Gasteiger partial charge in [-0.15, -0.1) is 0 Å². The van der Waals surface area contributed by atoms with Crippen LogP contribution in [0.15, 0.2) is 35.6 Å². The summed E-state index contributed by atoms with van der Waals surface area (Å²) >= 11 is 1.53. The molecule has 1 aromatic heterocycles. The molecule has 0 atom stereocenters. The summed E-state index contributed by atoms with van der Waals surface area (Å²) in [5.74, 6) is 1.67. The van der Waals surface area contributed by atoms with Crippen LogP contribution in [0.4, 0.5) is 11.5 Å². The second-order valence-corrected chi connectivity index (χ2v) is 4.52. The lowest BCUT2D eigenvalue weighted by molar-refractivity contribution is 0.415. The van der Waals surface area contributed by atoms with E-state index in [1.165, 1.54) is 11.8 Å². The van der Waals surface area contributed by atoms with Crippen LogP contribution in [0.1, 0.15) is 5.56 Å². The van der Waals surface area contributed by atoms with Gasteiger partial charge in [0, 0.05) is 17.4 Å². The highest BCUT2D eigenvalue weighted by molar-refractivity contribution is 7.98. The fraction of sp³-hybridized carbons (Fsp3) is 0.231. The number of aryl methyl sites for hydroxylation is 1. The van der Waals surface area contributed by atoms with E-state index in [9.17, 15) is 0 Å². The zero-order valence-electron chi connectivity index (χ0n) is 10.6. The van der Waals surface area contributed by atoms with Crippen LogP contribution < -0.4 is 10.1 Å². The van der Waals surface area contributed by atoms with E-state index in [1.807, 2.05) is 43.6 Å². The smallest absolute Gasteiger partial charge is 0.189 e. The predicted molar refractivity (Wildman–Crippen MR) is 74.8 cm³/mol. The molecule has 94 valence electrons. The fourth-order valence-corrected chi connectivity index (χ4v) is 1.80. The SMILES string of the molecule is COc1ccc(Nc2nc(SC)ncc2C)cc1. The molecule has 18 heavy (non-hydrogen) atoms. The molecular formula is C13H15N3OS. The fourth-order valence-electron chi connectivity index (χ4n) is 1.46. The maximum atomic E-state index is 5.12. The van der Waals surface area contributed by atoms with Crippen molar-refractivity contribution in [2.24, 2.45) is 0 Å². The molecule has 0 radical (unpaired) electrons. The maximum absolute atomic E-state index is 5.12. The molecule has 4 nitrogen and oxygen atoms in total. The monoisotopic (exact) mass is 261 g/mol. The third-order valence-corrected chi connectivity index (χ3v) is 3.05. The minimum Gasteiger partial charge on any atom is -0.497 e. The summed E-state index contributed by atoms with van der Waals surface area (Å²) in [6, 6.07) is 7.74. The topological polar surface area (TPSA) is 47.0 Å². The lowest BCUT2D eigenvalue weighted by atomic mass is 10.3. The van der Waals surface area contributed by atoms with Crippen molar-refractivity contribution in [1.82, 2.24) is 9.97 Å². The maximum Gasteiger partial charge on any atom is 0.189 e. The molecule has 1 heterocycles. The molecule has 5 heteroatoms. The van der Waals surface area contributed by atoms with Gasteiger partial charge in [-0.25, -0.2) is 9.97 Å². The second kappa shape index (κ2) is 5.73. The van der Waals surface area contributed by atoms with Crippen LogP contribution >= 0.6 is 11.8 Å². The molecule has 2 rings (SSSR count). The number of nitrogens with zero attached hydrogens (tertiary/aromatic N) is 2. The van der Waals surface area contributed by atoms with Crippen LogP contribution in [0.5, 0.6) is 5.75 Å².